The highest BCUT2D eigenvalue weighted by molar-refractivity contribution is 5.94. The van der Waals surface area contributed by atoms with Gasteiger partial charge in [0.05, 0.1) is 12.1 Å². The molecule has 0 bridgehead atoms. The molecule has 2 heterocycles. The van der Waals surface area contributed by atoms with E-state index in [1.807, 2.05) is 0 Å². The van der Waals surface area contributed by atoms with Crippen LogP contribution in [0, 0.1) is 5.82 Å². The molecule has 26 heavy (non-hydrogen) atoms. The largest absolute Gasteiger partial charge is 0.484 e. The van der Waals surface area contributed by atoms with Gasteiger partial charge in [0.15, 0.2) is 6.61 Å². The fraction of sp³-hybridized carbons (Fsp3) is 0.333. The van der Waals surface area contributed by atoms with Gasteiger partial charge in [-0.3, -0.25) is 9.59 Å². The second kappa shape index (κ2) is 8.01. The van der Waals surface area contributed by atoms with Crippen molar-refractivity contribution in [2.24, 2.45) is 5.73 Å². The van der Waals surface area contributed by atoms with Gasteiger partial charge in [0.1, 0.15) is 23.6 Å². The van der Waals surface area contributed by atoms with Crippen LogP contribution in [0.25, 0.3) is 0 Å². The summed E-state index contributed by atoms with van der Waals surface area (Å²) in [4.78, 5) is 28.0. The Hall–Kier alpha value is -2.87. The highest BCUT2D eigenvalue weighted by Crippen LogP contribution is 2.14. The van der Waals surface area contributed by atoms with Gasteiger partial charge in [-0.2, -0.15) is 0 Å². The summed E-state index contributed by atoms with van der Waals surface area (Å²) in [5, 5.41) is 0. The number of carbonyl (C=O) groups excluding carboxylic acids is 2. The fourth-order valence-electron chi connectivity index (χ4n) is 2.71. The Bertz CT molecular complexity index is 767. The number of halogens is 1. The van der Waals surface area contributed by atoms with E-state index in [1.165, 1.54) is 30.5 Å². The minimum Gasteiger partial charge on any atom is -0.484 e. The van der Waals surface area contributed by atoms with Gasteiger partial charge in [0.2, 0.25) is 0 Å². The van der Waals surface area contributed by atoms with E-state index in [0.29, 0.717) is 43.3 Å². The van der Waals surface area contributed by atoms with Crippen molar-refractivity contribution in [2.45, 2.75) is 6.54 Å². The second-order valence-corrected chi connectivity index (χ2v) is 5.92. The Morgan fingerprint density at radius 3 is 2.38 bits per heavy atom. The smallest absolute Gasteiger partial charge is 0.260 e. The zero-order chi connectivity index (χ0) is 18.5. The lowest BCUT2D eigenvalue weighted by atomic mass is 10.2. The van der Waals surface area contributed by atoms with E-state index in [0.717, 1.165) is 0 Å². The lowest BCUT2D eigenvalue weighted by Crippen LogP contribution is -2.51. The second-order valence-electron chi connectivity index (χ2n) is 5.92. The monoisotopic (exact) mass is 361 g/mol. The molecule has 2 amide bonds. The van der Waals surface area contributed by atoms with Gasteiger partial charge < -0.3 is 24.7 Å². The number of rotatable bonds is 5. The SMILES string of the molecule is NCc1cc(C(=O)N2CCN(C(=O)COc3ccc(F)cc3)CC2)co1. The van der Waals surface area contributed by atoms with Crippen LogP contribution in [-0.2, 0) is 11.3 Å². The maximum atomic E-state index is 12.8. The predicted octanol–water partition coefficient (Wildman–Crippen LogP) is 1.24. The molecule has 2 N–H and O–H groups in total. The summed E-state index contributed by atoms with van der Waals surface area (Å²) in [7, 11) is 0. The first-order valence-electron chi connectivity index (χ1n) is 8.29. The number of benzene rings is 1. The summed E-state index contributed by atoms with van der Waals surface area (Å²) in [5.41, 5.74) is 5.94. The third-order valence-electron chi connectivity index (χ3n) is 4.20. The summed E-state index contributed by atoms with van der Waals surface area (Å²) >= 11 is 0. The number of carbonyl (C=O) groups is 2. The summed E-state index contributed by atoms with van der Waals surface area (Å²) in [6.45, 7) is 1.84. The van der Waals surface area contributed by atoms with Crippen molar-refractivity contribution < 1.29 is 23.1 Å². The molecule has 0 saturated carbocycles. The quantitative estimate of drug-likeness (QED) is 0.866. The molecule has 0 aliphatic carbocycles. The van der Waals surface area contributed by atoms with Gasteiger partial charge >= 0.3 is 0 Å². The van der Waals surface area contributed by atoms with Crippen molar-refractivity contribution in [1.82, 2.24) is 9.80 Å². The van der Waals surface area contributed by atoms with Gasteiger partial charge in [-0.1, -0.05) is 0 Å². The van der Waals surface area contributed by atoms with Crippen LogP contribution in [-0.4, -0.2) is 54.4 Å². The van der Waals surface area contributed by atoms with Crippen LogP contribution in [0.4, 0.5) is 4.39 Å². The van der Waals surface area contributed by atoms with E-state index in [2.05, 4.69) is 0 Å². The van der Waals surface area contributed by atoms with Crippen LogP contribution >= 0.6 is 0 Å². The zero-order valence-corrected chi connectivity index (χ0v) is 14.2. The van der Waals surface area contributed by atoms with Crippen molar-refractivity contribution in [1.29, 1.82) is 0 Å². The Kier molecular flexibility index (Phi) is 5.52. The van der Waals surface area contributed by atoms with Crippen LogP contribution in [0.2, 0.25) is 0 Å². The molecular formula is C18H20FN3O4. The molecule has 1 aliphatic heterocycles. The summed E-state index contributed by atoms with van der Waals surface area (Å²) < 4.78 is 23.4. The normalized spacial score (nSPS) is 14.4. The minimum absolute atomic E-state index is 0.124. The lowest BCUT2D eigenvalue weighted by molar-refractivity contribution is -0.134. The summed E-state index contributed by atoms with van der Waals surface area (Å²) in [6, 6.07) is 7.13. The molecule has 2 aromatic rings. The standard InChI is InChI=1S/C18H20FN3O4/c19-14-1-3-15(4-2-14)26-12-17(23)21-5-7-22(8-6-21)18(24)13-9-16(10-20)25-11-13/h1-4,9,11H,5-8,10,12,20H2. The molecule has 0 spiro atoms. The van der Waals surface area contributed by atoms with Crippen LogP contribution in [0.5, 0.6) is 5.75 Å². The van der Waals surface area contributed by atoms with E-state index >= 15 is 0 Å². The zero-order valence-electron chi connectivity index (χ0n) is 14.2. The van der Waals surface area contributed by atoms with E-state index in [-0.39, 0.29) is 30.8 Å². The van der Waals surface area contributed by atoms with Gasteiger partial charge in [-0.25, -0.2) is 4.39 Å². The highest BCUT2D eigenvalue weighted by atomic mass is 19.1. The average Bonchev–Trinajstić information content (AvgIpc) is 3.16. The van der Waals surface area contributed by atoms with Crippen molar-refractivity contribution in [2.75, 3.05) is 32.8 Å². The van der Waals surface area contributed by atoms with Gasteiger partial charge in [0.25, 0.3) is 11.8 Å². The Balaban J connectivity index is 1.47. The molecule has 0 unspecified atom stereocenters. The Morgan fingerprint density at radius 1 is 1.12 bits per heavy atom. The molecule has 1 fully saturated rings. The van der Waals surface area contributed by atoms with Crippen LogP contribution in [0.3, 0.4) is 0 Å². The molecule has 138 valence electrons. The lowest BCUT2D eigenvalue weighted by Gasteiger charge is -2.34. The molecule has 1 saturated heterocycles. The molecule has 1 aromatic heterocycles. The maximum absolute atomic E-state index is 12.8. The third kappa shape index (κ3) is 4.20. The van der Waals surface area contributed by atoms with Crippen LogP contribution in [0.1, 0.15) is 16.1 Å². The molecule has 0 radical (unpaired) electrons. The van der Waals surface area contributed by atoms with Gasteiger partial charge in [-0.05, 0) is 30.3 Å². The van der Waals surface area contributed by atoms with Crippen molar-refractivity contribution in [3.8, 4) is 5.75 Å². The Labute approximate surface area is 150 Å². The predicted molar refractivity (Wildman–Crippen MR) is 91.0 cm³/mol. The van der Waals surface area contributed by atoms with Gasteiger partial charge in [0, 0.05) is 26.2 Å². The number of hydrogen-bond donors (Lipinski definition) is 1. The number of nitrogens with zero attached hydrogens (tertiary/aromatic N) is 2. The maximum Gasteiger partial charge on any atom is 0.260 e. The first-order chi connectivity index (χ1) is 12.6. The van der Waals surface area contributed by atoms with Crippen molar-refractivity contribution in [3.63, 3.8) is 0 Å². The third-order valence-corrected chi connectivity index (χ3v) is 4.20. The van der Waals surface area contributed by atoms with Crippen LogP contribution < -0.4 is 10.5 Å². The number of amides is 2. The fourth-order valence-corrected chi connectivity index (χ4v) is 2.71. The number of hydrogen-bond acceptors (Lipinski definition) is 5. The van der Waals surface area contributed by atoms with Crippen molar-refractivity contribution >= 4 is 11.8 Å². The molecule has 7 nitrogen and oxygen atoms in total. The van der Waals surface area contributed by atoms with Crippen molar-refractivity contribution in [3.05, 3.63) is 53.7 Å². The minimum atomic E-state index is -0.360. The van der Waals surface area contributed by atoms with Gasteiger partial charge in [-0.15, -0.1) is 0 Å². The molecule has 1 aromatic carbocycles. The first kappa shape index (κ1) is 17.9. The molecule has 3 rings (SSSR count). The highest BCUT2D eigenvalue weighted by Gasteiger charge is 2.25. The number of piperazine rings is 1. The topological polar surface area (TPSA) is 89.0 Å². The molecule has 1 aliphatic rings. The Morgan fingerprint density at radius 2 is 1.77 bits per heavy atom. The molecule has 8 heteroatoms. The molecule has 0 atom stereocenters. The van der Waals surface area contributed by atoms with E-state index < -0.39 is 0 Å². The van der Waals surface area contributed by atoms with E-state index in [4.69, 9.17) is 14.9 Å². The average molecular weight is 361 g/mol. The number of nitrogens with two attached hydrogens (primary N) is 1. The first-order valence-corrected chi connectivity index (χ1v) is 8.29. The van der Waals surface area contributed by atoms with E-state index in [1.54, 1.807) is 15.9 Å². The number of ether oxygens (including phenoxy) is 1. The van der Waals surface area contributed by atoms with Crippen LogP contribution in [0.15, 0.2) is 41.0 Å². The van der Waals surface area contributed by atoms with E-state index in [9.17, 15) is 14.0 Å². The number of furan rings is 1. The summed E-state index contributed by atoms with van der Waals surface area (Å²) in [5.74, 6) is 0.322. The summed E-state index contributed by atoms with van der Waals surface area (Å²) in [6.07, 6.45) is 1.40. The molecular weight excluding hydrogens is 341 g/mol.